The van der Waals surface area contributed by atoms with E-state index in [0.29, 0.717) is 24.0 Å². The van der Waals surface area contributed by atoms with Gasteiger partial charge in [0.1, 0.15) is 0 Å². The topological polar surface area (TPSA) is 90.5 Å². The number of anilines is 2. The highest BCUT2D eigenvalue weighted by Crippen LogP contribution is 2.26. The minimum atomic E-state index is -3.79. The molecule has 8 nitrogen and oxygen atoms in total. The highest BCUT2D eigenvalue weighted by atomic mass is 32.2. The molecule has 3 rings (SSSR count). The Bertz CT molecular complexity index is 995. The van der Waals surface area contributed by atoms with Crippen LogP contribution in [0.4, 0.5) is 11.6 Å². The molecule has 1 aliphatic rings. The van der Waals surface area contributed by atoms with Gasteiger partial charge in [-0.15, -0.1) is 0 Å². The number of sulfonamides is 1. The van der Waals surface area contributed by atoms with Crippen LogP contribution in [0.1, 0.15) is 26.3 Å². The van der Waals surface area contributed by atoms with E-state index in [9.17, 15) is 8.42 Å². The molecule has 1 fully saturated rings. The van der Waals surface area contributed by atoms with Crippen LogP contribution < -0.4 is 14.9 Å². The molecule has 0 atom stereocenters. The summed E-state index contributed by atoms with van der Waals surface area (Å²) in [6.07, 6.45) is 3.05. The molecule has 2 N–H and O–H groups in total. The number of rotatable bonds is 4. The van der Waals surface area contributed by atoms with Crippen LogP contribution in [0.3, 0.4) is 0 Å². The Kier molecular flexibility index (Phi) is 6.47. The molecule has 2 aromatic rings. The molecule has 0 unspecified atom stereocenters. The van der Waals surface area contributed by atoms with Gasteiger partial charge in [0.2, 0.25) is 0 Å². The number of thiocarbonyl (C=S) groups is 1. The Morgan fingerprint density at radius 3 is 2.20 bits per heavy atom. The van der Waals surface area contributed by atoms with Crippen molar-refractivity contribution in [3.63, 3.8) is 0 Å². The minimum absolute atomic E-state index is 0.0500. The van der Waals surface area contributed by atoms with E-state index >= 15 is 0 Å². The van der Waals surface area contributed by atoms with Gasteiger partial charge < -0.3 is 15.1 Å². The number of hydrogen-bond donors (Lipinski definition) is 2. The number of nitrogens with one attached hydrogen (secondary N) is 2. The van der Waals surface area contributed by atoms with Gasteiger partial charge >= 0.3 is 0 Å². The van der Waals surface area contributed by atoms with Crippen molar-refractivity contribution in [1.82, 2.24) is 20.2 Å². The lowest BCUT2D eigenvalue weighted by atomic mass is 9.87. The number of piperazine rings is 1. The van der Waals surface area contributed by atoms with E-state index in [1.54, 1.807) is 25.4 Å². The maximum absolute atomic E-state index is 12.9. The zero-order valence-corrected chi connectivity index (χ0v) is 19.3. The zero-order chi connectivity index (χ0) is 21.9. The van der Waals surface area contributed by atoms with E-state index in [-0.39, 0.29) is 16.1 Å². The van der Waals surface area contributed by atoms with Crippen LogP contribution in [0.2, 0.25) is 0 Å². The predicted octanol–water partition coefficient (Wildman–Crippen LogP) is 2.20. The van der Waals surface area contributed by atoms with Crippen LogP contribution in [0.5, 0.6) is 0 Å². The summed E-state index contributed by atoms with van der Waals surface area (Å²) < 4.78 is 28.5. The maximum atomic E-state index is 12.9. The summed E-state index contributed by atoms with van der Waals surface area (Å²) in [5.41, 5.74) is 1.02. The van der Waals surface area contributed by atoms with E-state index in [4.69, 9.17) is 12.2 Å². The summed E-state index contributed by atoms with van der Waals surface area (Å²) in [6, 6.07) is 6.93. The van der Waals surface area contributed by atoms with Crippen molar-refractivity contribution in [2.75, 3.05) is 42.8 Å². The van der Waals surface area contributed by atoms with Crippen molar-refractivity contribution < 1.29 is 8.42 Å². The Balaban J connectivity index is 1.78. The Labute approximate surface area is 183 Å². The van der Waals surface area contributed by atoms with E-state index in [2.05, 4.69) is 45.7 Å². The van der Waals surface area contributed by atoms with Crippen LogP contribution in [-0.2, 0) is 15.4 Å². The summed E-state index contributed by atoms with van der Waals surface area (Å²) in [4.78, 5) is 12.9. The van der Waals surface area contributed by atoms with Crippen molar-refractivity contribution in [1.29, 1.82) is 0 Å². The molecule has 162 valence electrons. The second kappa shape index (κ2) is 8.73. The zero-order valence-electron chi connectivity index (χ0n) is 17.7. The summed E-state index contributed by atoms with van der Waals surface area (Å²) in [5, 5.41) is 3.68. The van der Waals surface area contributed by atoms with Gasteiger partial charge in [-0.2, -0.15) is 0 Å². The van der Waals surface area contributed by atoms with Gasteiger partial charge in [-0.25, -0.2) is 18.4 Å². The van der Waals surface area contributed by atoms with E-state index in [1.807, 2.05) is 17.0 Å². The SMILES string of the molecule is CNC(=S)N1CCN(c2nccnc2NS(=O)(=O)c2ccc(C(C)(C)C)cc2)CC1. The molecule has 0 amide bonds. The third-order valence-corrected chi connectivity index (χ3v) is 6.84. The first kappa shape index (κ1) is 22.2. The normalized spacial score (nSPS) is 15.1. The molecule has 1 aliphatic heterocycles. The first-order chi connectivity index (χ1) is 14.1. The minimum Gasteiger partial charge on any atom is -0.366 e. The van der Waals surface area contributed by atoms with Crippen LogP contribution in [0.25, 0.3) is 0 Å². The van der Waals surface area contributed by atoms with Crippen LogP contribution in [-0.4, -0.2) is 61.6 Å². The highest BCUT2D eigenvalue weighted by molar-refractivity contribution is 7.92. The Hall–Kier alpha value is -2.46. The van der Waals surface area contributed by atoms with Crippen LogP contribution >= 0.6 is 12.2 Å². The van der Waals surface area contributed by atoms with E-state index < -0.39 is 10.0 Å². The third-order valence-electron chi connectivity index (χ3n) is 5.02. The molecule has 10 heteroatoms. The van der Waals surface area contributed by atoms with E-state index in [0.717, 1.165) is 18.7 Å². The van der Waals surface area contributed by atoms with Gasteiger partial charge in [-0.05, 0) is 35.3 Å². The van der Waals surface area contributed by atoms with Gasteiger partial charge in [-0.1, -0.05) is 32.9 Å². The summed E-state index contributed by atoms with van der Waals surface area (Å²) in [5.74, 6) is 0.740. The van der Waals surface area contributed by atoms with Crippen molar-refractivity contribution >= 4 is 39.0 Å². The molecule has 2 heterocycles. The summed E-state index contributed by atoms with van der Waals surface area (Å²) in [6.45, 7) is 9.02. The van der Waals surface area contributed by atoms with Gasteiger partial charge in [0.05, 0.1) is 4.90 Å². The monoisotopic (exact) mass is 448 g/mol. The largest absolute Gasteiger partial charge is 0.366 e. The average molecular weight is 449 g/mol. The Morgan fingerprint density at radius 1 is 1.03 bits per heavy atom. The quantitative estimate of drug-likeness (QED) is 0.688. The van der Waals surface area contributed by atoms with Gasteiger partial charge in [0.15, 0.2) is 16.7 Å². The fourth-order valence-corrected chi connectivity index (χ4v) is 4.43. The molecular weight excluding hydrogens is 420 g/mol. The van der Waals surface area contributed by atoms with Crippen molar-refractivity contribution in [2.24, 2.45) is 0 Å². The molecular formula is C20H28N6O2S2. The fraction of sp³-hybridized carbons (Fsp3) is 0.450. The van der Waals surface area contributed by atoms with Crippen LogP contribution in [0.15, 0.2) is 41.6 Å². The Morgan fingerprint density at radius 2 is 1.63 bits per heavy atom. The van der Waals surface area contributed by atoms with Crippen molar-refractivity contribution in [3.8, 4) is 0 Å². The fourth-order valence-electron chi connectivity index (χ4n) is 3.23. The molecule has 1 aromatic carbocycles. The number of aromatic nitrogens is 2. The molecule has 0 aliphatic carbocycles. The lowest BCUT2D eigenvalue weighted by Crippen LogP contribution is -2.51. The number of benzene rings is 1. The van der Waals surface area contributed by atoms with E-state index in [1.165, 1.54) is 6.20 Å². The van der Waals surface area contributed by atoms with Crippen molar-refractivity contribution in [3.05, 3.63) is 42.2 Å². The van der Waals surface area contributed by atoms with Crippen LogP contribution in [0, 0.1) is 0 Å². The van der Waals surface area contributed by atoms with Gasteiger partial charge in [-0.3, -0.25) is 4.72 Å². The highest BCUT2D eigenvalue weighted by Gasteiger charge is 2.25. The van der Waals surface area contributed by atoms with Gasteiger partial charge in [0, 0.05) is 45.6 Å². The second-order valence-electron chi connectivity index (χ2n) is 8.14. The molecule has 1 aromatic heterocycles. The molecule has 1 saturated heterocycles. The lowest BCUT2D eigenvalue weighted by molar-refractivity contribution is 0.381. The first-order valence-corrected chi connectivity index (χ1v) is 11.7. The predicted molar refractivity (Wildman–Crippen MR) is 123 cm³/mol. The number of nitrogens with zero attached hydrogens (tertiary/aromatic N) is 4. The van der Waals surface area contributed by atoms with Gasteiger partial charge in [0.25, 0.3) is 10.0 Å². The second-order valence-corrected chi connectivity index (χ2v) is 10.2. The molecule has 30 heavy (non-hydrogen) atoms. The maximum Gasteiger partial charge on any atom is 0.263 e. The number of hydrogen-bond acceptors (Lipinski definition) is 6. The molecule has 0 radical (unpaired) electrons. The first-order valence-electron chi connectivity index (χ1n) is 9.78. The molecule has 0 saturated carbocycles. The third kappa shape index (κ3) is 4.99. The lowest BCUT2D eigenvalue weighted by Gasteiger charge is -2.36. The standard InChI is InChI=1S/C20H28N6O2S2/c1-20(2,3)15-5-7-16(8-6-15)30(27,28)24-17-18(23-10-9-22-17)25-11-13-26(14-12-25)19(29)21-4/h5-10H,11-14H2,1-4H3,(H,21,29)(H,22,24). The average Bonchev–Trinajstić information content (AvgIpc) is 2.73. The summed E-state index contributed by atoms with van der Waals surface area (Å²) in [7, 11) is -1.98. The smallest absolute Gasteiger partial charge is 0.263 e. The molecule has 0 bridgehead atoms. The summed E-state index contributed by atoms with van der Waals surface area (Å²) >= 11 is 5.29. The molecule has 0 spiro atoms. The van der Waals surface area contributed by atoms with Crippen molar-refractivity contribution in [2.45, 2.75) is 31.1 Å².